The number of fused-ring (bicyclic) bond motifs is 1. The van der Waals surface area contributed by atoms with Crippen LogP contribution < -0.4 is 10.1 Å². The normalized spacial score (nSPS) is 14.7. The number of nitrogens with one attached hydrogen (secondary N) is 1. The number of hydrogen-bond acceptors (Lipinski definition) is 2. The van der Waals surface area contributed by atoms with E-state index in [9.17, 15) is 0 Å². The zero-order valence-corrected chi connectivity index (χ0v) is 15.8. The Morgan fingerprint density at radius 1 is 1.29 bits per heavy atom. The second-order valence-corrected chi connectivity index (χ2v) is 7.28. The van der Waals surface area contributed by atoms with Crippen molar-refractivity contribution in [2.24, 2.45) is 0 Å². The highest BCUT2D eigenvalue weighted by Crippen LogP contribution is 2.39. The summed E-state index contributed by atoms with van der Waals surface area (Å²) in [5.41, 5.74) is 5.11. The fraction of sp³-hybridized carbons (Fsp3) is 0.294. The maximum absolute atomic E-state index is 5.90. The number of hydrogen-bond donors (Lipinski definition) is 1. The third-order valence-corrected chi connectivity index (χ3v) is 5.84. The summed E-state index contributed by atoms with van der Waals surface area (Å²) >= 11 is 6.07. The molecule has 2 nitrogen and oxygen atoms in total. The standard InChI is InChI=1S/C17H17BrINO/c1-10-4-3-5-13(15(10)19)16(20-2)14-9-12(18)8-11-6-7-21-17(11)14/h3-5,8-9,16,20H,6-7H2,1-2H3. The molecule has 0 aliphatic carbocycles. The summed E-state index contributed by atoms with van der Waals surface area (Å²) in [7, 11) is 2.01. The van der Waals surface area contributed by atoms with E-state index in [1.165, 1.54) is 25.8 Å². The van der Waals surface area contributed by atoms with E-state index in [0.29, 0.717) is 0 Å². The van der Waals surface area contributed by atoms with Crippen molar-refractivity contribution in [2.45, 2.75) is 19.4 Å². The monoisotopic (exact) mass is 457 g/mol. The highest BCUT2D eigenvalue weighted by atomic mass is 127. The molecular formula is C17H17BrINO. The van der Waals surface area contributed by atoms with E-state index < -0.39 is 0 Å². The fourth-order valence-corrected chi connectivity index (χ4v) is 4.08. The zero-order chi connectivity index (χ0) is 15.0. The molecule has 1 unspecified atom stereocenters. The number of halogens is 2. The highest BCUT2D eigenvalue weighted by molar-refractivity contribution is 14.1. The number of ether oxygens (including phenoxy) is 1. The minimum atomic E-state index is 0.140. The Kier molecular flexibility index (Phi) is 4.57. The summed E-state index contributed by atoms with van der Waals surface area (Å²) in [6, 6.07) is 10.9. The first-order chi connectivity index (χ1) is 10.1. The van der Waals surface area contributed by atoms with Crippen LogP contribution in [0.1, 0.15) is 28.3 Å². The second-order valence-electron chi connectivity index (χ2n) is 5.28. The summed E-state index contributed by atoms with van der Waals surface area (Å²) in [5.74, 6) is 1.05. The average Bonchev–Trinajstić information content (AvgIpc) is 2.92. The van der Waals surface area contributed by atoms with Crippen molar-refractivity contribution in [1.29, 1.82) is 0 Å². The number of benzene rings is 2. The quantitative estimate of drug-likeness (QED) is 0.679. The molecule has 0 fully saturated rings. The van der Waals surface area contributed by atoms with E-state index in [-0.39, 0.29) is 6.04 Å². The van der Waals surface area contributed by atoms with E-state index in [1.54, 1.807) is 0 Å². The van der Waals surface area contributed by atoms with Crippen LogP contribution in [0.4, 0.5) is 0 Å². The van der Waals surface area contributed by atoms with Crippen molar-refractivity contribution in [2.75, 3.05) is 13.7 Å². The van der Waals surface area contributed by atoms with Gasteiger partial charge >= 0.3 is 0 Å². The molecule has 1 heterocycles. The summed E-state index contributed by atoms with van der Waals surface area (Å²) in [4.78, 5) is 0. The topological polar surface area (TPSA) is 21.3 Å². The van der Waals surface area contributed by atoms with Crippen LogP contribution in [0.25, 0.3) is 0 Å². The maximum atomic E-state index is 5.90. The van der Waals surface area contributed by atoms with E-state index >= 15 is 0 Å². The van der Waals surface area contributed by atoms with Crippen molar-refractivity contribution >= 4 is 38.5 Å². The lowest BCUT2D eigenvalue weighted by Gasteiger charge is -2.22. The Labute approximate surface area is 147 Å². The summed E-state index contributed by atoms with van der Waals surface area (Å²) in [6.45, 7) is 2.93. The zero-order valence-electron chi connectivity index (χ0n) is 12.0. The predicted octanol–water partition coefficient (Wildman–Crippen LogP) is 4.61. The molecule has 1 aliphatic rings. The van der Waals surface area contributed by atoms with Crippen LogP contribution in [0.5, 0.6) is 5.75 Å². The lowest BCUT2D eigenvalue weighted by atomic mass is 9.95. The van der Waals surface area contributed by atoms with E-state index in [4.69, 9.17) is 4.74 Å². The van der Waals surface area contributed by atoms with Gasteiger partial charge in [0.05, 0.1) is 12.6 Å². The lowest BCUT2D eigenvalue weighted by molar-refractivity contribution is 0.351. The molecule has 0 amide bonds. The van der Waals surface area contributed by atoms with E-state index in [0.717, 1.165) is 23.2 Å². The van der Waals surface area contributed by atoms with Crippen molar-refractivity contribution in [3.8, 4) is 5.75 Å². The van der Waals surface area contributed by atoms with Crippen LogP contribution in [-0.2, 0) is 6.42 Å². The van der Waals surface area contributed by atoms with E-state index in [2.05, 4.69) is 81.1 Å². The number of rotatable bonds is 3. The van der Waals surface area contributed by atoms with Crippen LogP contribution in [0.15, 0.2) is 34.8 Å². The molecule has 1 N–H and O–H groups in total. The van der Waals surface area contributed by atoms with Gasteiger partial charge in [-0.15, -0.1) is 0 Å². The van der Waals surface area contributed by atoms with Crippen LogP contribution in [0.3, 0.4) is 0 Å². The van der Waals surface area contributed by atoms with Gasteiger partial charge in [0.2, 0.25) is 0 Å². The van der Waals surface area contributed by atoms with Gasteiger partial charge in [0.15, 0.2) is 0 Å². The maximum Gasteiger partial charge on any atom is 0.127 e. The Bertz CT molecular complexity index is 687. The molecule has 110 valence electrons. The molecule has 21 heavy (non-hydrogen) atoms. The Balaban J connectivity index is 2.15. The van der Waals surface area contributed by atoms with Gasteiger partial charge in [-0.05, 0) is 65.4 Å². The minimum absolute atomic E-state index is 0.140. The molecule has 0 saturated carbocycles. The molecule has 0 bridgehead atoms. The third-order valence-electron chi connectivity index (χ3n) is 3.91. The average molecular weight is 458 g/mol. The van der Waals surface area contributed by atoms with Crippen LogP contribution >= 0.6 is 38.5 Å². The van der Waals surface area contributed by atoms with Crippen molar-refractivity contribution in [3.63, 3.8) is 0 Å². The van der Waals surface area contributed by atoms with Crippen LogP contribution in [-0.4, -0.2) is 13.7 Å². The summed E-state index contributed by atoms with van der Waals surface area (Å²) < 4.78 is 8.32. The first-order valence-electron chi connectivity index (χ1n) is 6.99. The Morgan fingerprint density at radius 3 is 2.86 bits per heavy atom. The van der Waals surface area contributed by atoms with Crippen molar-refractivity contribution in [3.05, 3.63) is 60.6 Å². The fourth-order valence-electron chi connectivity index (χ4n) is 2.88. The molecular weight excluding hydrogens is 441 g/mol. The van der Waals surface area contributed by atoms with Crippen molar-refractivity contribution in [1.82, 2.24) is 5.32 Å². The summed E-state index contributed by atoms with van der Waals surface area (Å²) in [6.07, 6.45) is 0.989. The van der Waals surface area contributed by atoms with Crippen LogP contribution in [0, 0.1) is 10.5 Å². The Morgan fingerprint density at radius 2 is 2.10 bits per heavy atom. The Hall–Kier alpha value is -0.590. The molecule has 3 rings (SSSR count). The molecule has 1 aliphatic heterocycles. The van der Waals surface area contributed by atoms with Crippen LogP contribution in [0.2, 0.25) is 0 Å². The molecule has 0 spiro atoms. The van der Waals surface area contributed by atoms with Gasteiger partial charge < -0.3 is 10.1 Å². The van der Waals surface area contributed by atoms with Gasteiger partial charge in [0.25, 0.3) is 0 Å². The first kappa shape index (κ1) is 15.3. The van der Waals surface area contributed by atoms with E-state index in [1.807, 2.05) is 7.05 Å². The summed E-state index contributed by atoms with van der Waals surface area (Å²) in [5, 5.41) is 3.45. The lowest BCUT2D eigenvalue weighted by Crippen LogP contribution is -2.20. The van der Waals surface area contributed by atoms with Crippen molar-refractivity contribution < 1.29 is 4.74 Å². The van der Waals surface area contributed by atoms with Gasteiger partial charge in [-0.2, -0.15) is 0 Å². The van der Waals surface area contributed by atoms with Gasteiger partial charge in [-0.3, -0.25) is 0 Å². The molecule has 1 atom stereocenters. The largest absolute Gasteiger partial charge is 0.493 e. The molecule has 0 saturated heterocycles. The minimum Gasteiger partial charge on any atom is -0.493 e. The molecule has 0 radical (unpaired) electrons. The van der Waals surface area contributed by atoms with Gasteiger partial charge in [0, 0.05) is 20.0 Å². The smallest absolute Gasteiger partial charge is 0.127 e. The molecule has 2 aromatic carbocycles. The SMILES string of the molecule is CNC(c1cccc(C)c1I)c1cc(Br)cc2c1OCC2. The van der Waals surface area contributed by atoms with Gasteiger partial charge in [0.1, 0.15) is 5.75 Å². The van der Waals surface area contributed by atoms with Gasteiger partial charge in [-0.25, -0.2) is 0 Å². The second kappa shape index (κ2) is 6.26. The molecule has 2 aromatic rings. The molecule has 0 aromatic heterocycles. The van der Waals surface area contributed by atoms with Gasteiger partial charge in [-0.1, -0.05) is 34.1 Å². The third kappa shape index (κ3) is 2.85. The number of aryl methyl sites for hydroxylation is 1. The molecule has 4 heteroatoms. The highest BCUT2D eigenvalue weighted by Gasteiger charge is 2.25. The predicted molar refractivity (Wildman–Crippen MR) is 98.1 cm³/mol. The first-order valence-corrected chi connectivity index (χ1v) is 8.86.